The molecule has 0 N–H and O–H groups in total. The number of benzene rings is 1. The topological polar surface area (TPSA) is 60.7 Å². The fourth-order valence-corrected chi connectivity index (χ4v) is 2.18. The van der Waals surface area contributed by atoms with Gasteiger partial charge in [-0.25, -0.2) is 0 Å². The smallest absolute Gasteiger partial charge is 0.203 e. The number of hydrogen-bond acceptors (Lipinski definition) is 5. The lowest BCUT2D eigenvalue weighted by molar-refractivity contribution is -0.0765. The Morgan fingerprint density at radius 3 is 2.05 bits per heavy atom. The SMILES string of the molecule is COc1cc(CC2(C#N)COC2)cc(OC)c1OC. The van der Waals surface area contributed by atoms with E-state index in [1.165, 1.54) is 0 Å². The molecule has 0 amide bonds. The first-order valence-electron chi connectivity index (χ1n) is 5.96. The van der Waals surface area contributed by atoms with Crippen molar-refractivity contribution in [3.63, 3.8) is 0 Å². The van der Waals surface area contributed by atoms with E-state index in [-0.39, 0.29) is 0 Å². The van der Waals surface area contributed by atoms with Gasteiger partial charge in [0.15, 0.2) is 11.5 Å². The van der Waals surface area contributed by atoms with Gasteiger partial charge in [0.1, 0.15) is 5.41 Å². The number of nitrogens with zero attached hydrogens (tertiary/aromatic N) is 1. The van der Waals surface area contributed by atoms with E-state index in [1.807, 2.05) is 12.1 Å². The Morgan fingerprint density at radius 1 is 1.16 bits per heavy atom. The van der Waals surface area contributed by atoms with Crippen molar-refractivity contribution in [1.82, 2.24) is 0 Å². The largest absolute Gasteiger partial charge is 0.493 e. The molecule has 0 bridgehead atoms. The zero-order valence-corrected chi connectivity index (χ0v) is 11.4. The van der Waals surface area contributed by atoms with Crippen molar-refractivity contribution in [2.75, 3.05) is 34.5 Å². The third-order valence-corrected chi connectivity index (χ3v) is 3.26. The van der Waals surface area contributed by atoms with Gasteiger partial charge in [0.05, 0.1) is 40.6 Å². The summed E-state index contributed by atoms with van der Waals surface area (Å²) in [6.45, 7) is 0.945. The van der Waals surface area contributed by atoms with Crippen LogP contribution < -0.4 is 14.2 Å². The van der Waals surface area contributed by atoms with Crippen molar-refractivity contribution in [2.24, 2.45) is 5.41 Å². The lowest BCUT2D eigenvalue weighted by atomic mass is 9.81. The molecule has 0 unspecified atom stereocenters. The summed E-state index contributed by atoms with van der Waals surface area (Å²) in [7, 11) is 4.72. The summed E-state index contributed by atoms with van der Waals surface area (Å²) in [4.78, 5) is 0. The van der Waals surface area contributed by atoms with Crippen LogP contribution in [0.15, 0.2) is 12.1 Å². The van der Waals surface area contributed by atoms with Crippen molar-refractivity contribution in [3.05, 3.63) is 17.7 Å². The standard InChI is InChI=1S/C14H17NO4/c1-16-11-4-10(5-12(17-2)13(11)18-3)6-14(7-15)8-19-9-14/h4-5H,6,8-9H2,1-3H3. The predicted octanol–water partition coefficient (Wildman–Crippen LogP) is 1.80. The maximum atomic E-state index is 9.23. The second-order valence-corrected chi connectivity index (χ2v) is 4.60. The van der Waals surface area contributed by atoms with Crippen LogP contribution in [-0.2, 0) is 11.2 Å². The maximum Gasteiger partial charge on any atom is 0.203 e. The van der Waals surface area contributed by atoms with E-state index in [2.05, 4.69) is 6.07 Å². The normalized spacial score (nSPS) is 16.1. The fourth-order valence-electron chi connectivity index (χ4n) is 2.18. The van der Waals surface area contributed by atoms with Gasteiger partial charge in [-0.2, -0.15) is 5.26 Å². The number of nitriles is 1. The molecule has 0 saturated carbocycles. The molecule has 1 aromatic rings. The minimum absolute atomic E-state index is 0.426. The van der Waals surface area contributed by atoms with Crippen LogP contribution in [0, 0.1) is 16.7 Å². The van der Waals surface area contributed by atoms with Gasteiger partial charge in [-0.3, -0.25) is 0 Å². The van der Waals surface area contributed by atoms with Gasteiger partial charge in [-0.15, -0.1) is 0 Å². The number of rotatable bonds is 5. The Kier molecular flexibility index (Phi) is 3.82. The van der Waals surface area contributed by atoms with Crippen LogP contribution in [0.1, 0.15) is 5.56 Å². The van der Waals surface area contributed by atoms with Crippen LogP contribution >= 0.6 is 0 Å². The molecular weight excluding hydrogens is 246 g/mol. The third-order valence-electron chi connectivity index (χ3n) is 3.26. The molecule has 0 spiro atoms. The van der Waals surface area contributed by atoms with Crippen molar-refractivity contribution >= 4 is 0 Å². The van der Waals surface area contributed by atoms with Gasteiger partial charge in [-0.05, 0) is 24.1 Å². The molecule has 2 rings (SSSR count). The Morgan fingerprint density at radius 2 is 1.74 bits per heavy atom. The average Bonchev–Trinajstić information content (AvgIpc) is 2.41. The summed E-state index contributed by atoms with van der Waals surface area (Å²) in [6, 6.07) is 6.08. The Bertz CT molecular complexity index is 478. The predicted molar refractivity (Wildman–Crippen MR) is 68.7 cm³/mol. The molecule has 1 aliphatic heterocycles. The minimum atomic E-state index is -0.426. The summed E-state index contributed by atoms with van der Waals surface area (Å²) in [5.74, 6) is 1.76. The van der Waals surface area contributed by atoms with E-state index >= 15 is 0 Å². The highest BCUT2D eigenvalue weighted by molar-refractivity contribution is 5.54. The maximum absolute atomic E-state index is 9.23. The monoisotopic (exact) mass is 263 g/mol. The van der Waals surface area contributed by atoms with Crippen LogP contribution in [0.2, 0.25) is 0 Å². The van der Waals surface area contributed by atoms with Crippen molar-refractivity contribution in [1.29, 1.82) is 5.26 Å². The summed E-state index contributed by atoms with van der Waals surface area (Å²) in [5.41, 5.74) is 0.546. The number of hydrogen-bond donors (Lipinski definition) is 0. The molecule has 0 aliphatic carbocycles. The Balaban J connectivity index is 2.34. The molecule has 1 aliphatic rings. The fraction of sp³-hybridized carbons (Fsp3) is 0.500. The van der Waals surface area contributed by atoms with E-state index in [0.29, 0.717) is 36.9 Å². The molecule has 1 fully saturated rings. The zero-order chi connectivity index (χ0) is 13.9. The van der Waals surface area contributed by atoms with Gasteiger partial charge in [0, 0.05) is 0 Å². The molecule has 102 valence electrons. The summed E-state index contributed by atoms with van der Waals surface area (Å²) < 4.78 is 21.0. The number of ether oxygens (including phenoxy) is 4. The molecular formula is C14H17NO4. The second kappa shape index (κ2) is 5.37. The van der Waals surface area contributed by atoms with Crippen molar-refractivity contribution in [3.8, 4) is 23.3 Å². The molecule has 0 aromatic heterocycles. The quantitative estimate of drug-likeness (QED) is 0.810. The second-order valence-electron chi connectivity index (χ2n) is 4.60. The minimum Gasteiger partial charge on any atom is -0.493 e. The van der Waals surface area contributed by atoms with E-state index in [1.54, 1.807) is 21.3 Å². The van der Waals surface area contributed by atoms with Gasteiger partial charge >= 0.3 is 0 Å². The highest BCUT2D eigenvalue weighted by atomic mass is 16.5. The molecule has 19 heavy (non-hydrogen) atoms. The highest BCUT2D eigenvalue weighted by Crippen LogP contribution is 2.40. The third kappa shape index (κ3) is 2.45. The molecule has 1 heterocycles. The summed E-state index contributed by atoms with van der Waals surface area (Å²) in [5, 5.41) is 9.23. The molecule has 5 nitrogen and oxygen atoms in total. The van der Waals surface area contributed by atoms with E-state index in [0.717, 1.165) is 5.56 Å². The van der Waals surface area contributed by atoms with Gasteiger partial charge in [-0.1, -0.05) is 0 Å². The lowest BCUT2D eigenvalue weighted by Gasteiger charge is -2.35. The first-order valence-corrected chi connectivity index (χ1v) is 5.96. The molecule has 0 atom stereocenters. The first-order chi connectivity index (χ1) is 9.18. The first kappa shape index (κ1) is 13.5. The molecule has 5 heteroatoms. The van der Waals surface area contributed by atoms with E-state index in [4.69, 9.17) is 18.9 Å². The van der Waals surface area contributed by atoms with Gasteiger partial charge in [0.2, 0.25) is 5.75 Å². The van der Waals surface area contributed by atoms with Crippen LogP contribution in [0.3, 0.4) is 0 Å². The summed E-state index contributed by atoms with van der Waals surface area (Å²) >= 11 is 0. The van der Waals surface area contributed by atoms with Crippen LogP contribution in [0.4, 0.5) is 0 Å². The molecule has 1 saturated heterocycles. The van der Waals surface area contributed by atoms with Gasteiger partial charge in [0.25, 0.3) is 0 Å². The zero-order valence-electron chi connectivity index (χ0n) is 11.4. The highest BCUT2D eigenvalue weighted by Gasteiger charge is 2.39. The number of methoxy groups -OCH3 is 3. The van der Waals surface area contributed by atoms with Gasteiger partial charge < -0.3 is 18.9 Å². The average molecular weight is 263 g/mol. The molecule has 1 aromatic carbocycles. The van der Waals surface area contributed by atoms with E-state index < -0.39 is 5.41 Å². The summed E-state index contributed by atoms with van der Waals surface area (Å²) in [6.07, 6.45) is 0.611. The van der Waals surface area contributed by atoms with Crippen molar-refractivity contribution < 1.29 is 18.9 Å². The van der Waals surface area contributed by atoms with Crippen LogP contribution in [-0.4, -0.2) is 34.5 Å². The Hall–Kier alpha value is -1.93. The molecule has 0 radical (unpaired) electrons. The van der Waals surface area contributed by atoms with Crippen molar-refractivity contribution in [2.45, 2.75) is 6.42 Å². The lowest BCUT2D eigenvalue weighted by Crippen LogP contribution is -2.43. The Labute approximate surface area is 112 Å². The van der Waals surface area contributed by atoms with E-state index in [9.17, 15) is 5.26 Å². The van der Waals surface area contributed by atoms with Crippen LogP contribution in [0.25, 0.3) is 0 Å². The van der Waals surface area contributed by atoms with Crippen LogP contribution in [0.5, 0.6) is 17.2 Å².